The van der Waals surface area contributed by atoms with Crippen LogP contribution in [0.4, 0.5) is 0 Å². The lowest BCUT2D eigenvalue weighted by Gasteiger charge is -2.12. The van der Waals surface area contributed by atoms with Crippen molar-refractivity contribution in [2.75, 3.05) is 6.61 Å². The van der Waals surface area contributed by atoms with Gasteiger partial charge in [-0.05, 0) is 6.42 Å². The Morgan fingerprint density at radius 3 is 2.60 bits per heavy atom. The van der Waals surface area contributed by atoms with E-state index in [-0.39, 0.29) is 12.7 Å². The molecule has 1 aliphatic rings. The van der Waals surface area contributed by atoms with Crippen LogP contribution >= 0.6 is 0 Å². The summed E-state index contributed by atoms with van der Waals surface area (Å²) in [5, 5.41) is 18.2. The van der Waals surface area contributed by atoms with Crippen LogP contribution in [0.15, 0.2) is 0 Å². The fraction of sp³-hybridized carbons (Fsp3) is 1.00. The Kier molecular flexibility index (Phi) is 2.65. The quantitative estimate of drug-likeness (QED) is 0.572. The molecular weight excluding hydrogens is 132 g/mol. The summed E-state index contributed by atoms with van der Waals surface area (Å²) in [5.41, 5.74) is 0. The molecule has 0 amide bonds. The molecular formula is C7H14O3. The Hall–Kier alpha value is -0.120. The molecule has 2 N–H and O–H groups in total. The number of rotatable bonds is 2. The van der Waals surface area contributed by atoms with Crippen molar-refractivity contribution in [3.63, 3.8) is 0 Å². The molecule has 1 aliphatic heterocycles. The van der Waals surface area contributed by atoms with E-state index in [0.717, 1.165) is 12.8 Å². The van der Waals surface area contributed by atoms with E-state index in [1.54, 1.807) is 0 Å². The highest BCUT2D eigenvalue weighted by molar-refractivity contribution is 4.82. The molecule has 0 spiro atoms. The topological polar surface area (TPSA) is 49.7 Å². The van der Waals surface area contributed by atoms with Gasteiger partial charge in [0.15, 0.2) is 0 Å². The highest BCUT2D eigenvalue weighted by Crippen LogP contribution is 2.17. The molecule has 3 atom stereocenters. The first kappa shape index (κ1) is 7.98. The molecule has 1 fully saturated rings. The third-order valence-corrected chi connectivity index (χ3v) is 1.83. The number of hydrogen-bond donors (Lipinski definition) is 2. The normalized spacial score (nSPS) is 40.5. The lowest BCUT2D eigenvalue weighted by molar-refractivity contribution is 0.0192. The van der Waals surface area contributed by atoms with E-state index >= 15 is 0 Å². The Bertz CT molecular complexity index is 103. The van der Waals surface area contributed by atoms with Crippen LogP contribution in [0.25, 0.3) is 0 Å². The maximum Gasteiger partial charge on any atom is 0.108 e. The molecule has 3 heteroatoms. The second-order valence-electron chi connectivity index (χ2n) is 2.72. The van der Waals surface area contributed by atoms with Crippen LogP contribution in [-0.4, -0.2) is 35.1 Å². The Balaban J connectivity index is 2.33. The fourth-order valence-corrected chi connectivity index (χ4v) is 1.21. The predicted octanol–water partition coefficient (Wildman–Crippen LogP) is -0.0929. The van der Waals surface area contributed by atoms with E-state index in [1.807, 2.05) is 6.92 Å². The largest absolute Gasteiger partial charge is 0.388 e. The molecule has 1 rings (SSSR count). The lowest BCUT2D eigenvalue weighted by Crippen LogP contribution is -2.29. The summed E-state index contributed by atoms with van der Waals surface area (Å²) in [5.74, 6) is 0. The maximum absolute atomic E-state index is 9.21. The molecule has 60 valence electrons. The average molecular weight is 146 g/mol. The summed E-state index contributed by atoms with van der Waals surface area (Å²) in [4.78, 5) is 0. The second kappa shape index (κ2) is 3.32. The molecule has 0 aromatic carbocycles. The molecule has 0 aliphatic carbocycles. The van der Waals surface area contributed by atoms with Gasteiger partial charge in [-0.3, -0.25) is 0 Å². The number of hydrogen-bond acceptors (Lipinski definition) is 3. The van der Waals surface area contributed by atoms with E-state index in [2.05, 4.69) is 0 Å². The standard InChI is InChI=1S/C7H14O3/c1-2-3-6-7(9)5(8)4-10-6/h5-9H,2-4H2,1H3. The van der Waals surface area contributed by atoms with E-state index in [0.29, 0.717) is 0 Å². The zero-order valence-electron chi connectivity index (χ0n) is 6.16. The van der Waals surface area contributed by atoms with Crippen molar-refractivity contribution in [1.82, 2.24) is 0 Å². The van der Waals surface area contributed by atoms with Crippen molar-refractivity contribution in [3.05, 3.63) is 0 Å². The van der Waals surface area contributed by atoms with Gasteiger partial charge in [-0.15, -0.1) is 0 Å². The van der Waals surface area contributed by atoms with E-state index in [1.165, 1.54) is 0 Å². The first-order chi connectivity index (χ1) is 4.75. The molecule has 0 aromatic heterocycles. The fourth-order valence-electron chi connectivity index (χ4n) is 1.21. The third-order valence-electron chi connectivity index (χ3n) is 1.83. The van der Waals surface area contributed by atoms with Crippen molar-refractivity contribution < 1.29 is 14.9 Å². The van der Waals surface area contributed by atoms with Crippen LogP contribution in [0.1, 0.15) is 19.8 Å². The molecule has 1 saturated heterocycles. The molecule has 1 heterocycles. The lowest BCUT2D eigenvalue weighted by atomic mass is 10.1. The minimum absolute atomic E-state index is 0.139. The van der Waals surface area contributed by atoms with Gasteiger partial charge in [-0.25, -0.2) is 0 Å². The Morgan fingerprint density at radius 1 is 1.50 bits per heavy atom. The second-order valence-corrected chi connectivity index (χ2v) is 2.72. The summed E-state index contributed by atoms with van der Waals surface area (Å²) in [6, 6.07) is 0. The zero-order valence-corrected chi connectivity index (χ0v) is 6.16. The van der Waals surface area contributed by atoms with Crippen LogP contribution in [0.3, 0.4) is 0 Å². The van der Waals surface area contributed by atoms with Crippen LogP contribution in [0.2, 0.25) is 0 Å². The molecule has 0 aromatic rings. The molecule has 0 bridgehead atoms. The van der Waals surface area contributed by atoms with Crippen molar-refractivity contribution in [2.45, 2.75) is 38.1 Å². The third kappa shape index (κ3) is 1.48. The number of ether oxygens (including phenoxy) is 1. The molecule has 0 saturated carbocycles. The van der Waals surface area contributed by atoms with Crippen molar-refractivity contribution in [2.24, 2.45) is 0 Å². The van der Waals surface area contributed by atoms with Gasteiger partial charge < -0.3 is 14.9 Å². The van der Waals surface area contributed by atoms with Gasteiger partial charge in [0, 0.05) is 0 Å². The van der Waals surface area contributed by atoms with Crippen molar-refractivity contribution in [1.29, 1.82) is 0 Å². The first-order valence-corrected chi connectivity index (χ1v) is 3.73. The monoisotopic (exact) mass is 146 g/mol. The highest BCUT2D eigenvalue weighted by atomic mass is 16.5. The van der Waals surface area contributed by atoms with Gasteiger partial charge in [0.05, 0.1) is 12.7 Å². The molecule has 10 heavy (non-hydrogen) atoms. The Morgan fingerprint density at radius 2 is 2.20 bits per heavy atom. The van der Waals surface area contributed by atoms with Gasteiger partial charge in [-0.2, -0.15) is 0 Å². The van der Waals surface area contributed by atoms with Crippen LogP contribution in [0.5, 0.6) is 0 Å². The van der Waals surface area contributed by atoms with E-state index in [4.69, 9.17) is 9.84 Å². The average Bonchev–Trinajstić information content (AvgIpc) is 2.20. The van der Waals surface area contributed by atoms with E-state index < -0.39 is 12.2 Å². The summed E-state index contributed by atoms with van der Waals surface area (Å²) < 4.78 is 5.12. The van der Waals surface area contributed by atoms with Gasteiger partial charge in [0.1, 0.15) is 12.2 Å². The molecule has 3 nitrogen and oxygen atoms in total. The van der Waals surface area contributed by atoms with Gasteiger partial charge in [0.25, 0.3) is 0 Å². The number of aliphatic hydroxyl groups excluding tert-OH is 2. The molecule has 0 radical (unpaired) electrons. The summed E-state index contributed by atoms with van der Waals surface area (Å²) in [6.07, 6.45) is 0.337. The summed E-state index contributed by atoms with van der Waals surface area (Å²) in [6.45, 7) is 2.31. The van der Waals surface area contributed by atoms with Gasteiger partial charge in [-0.1, -0.05) is 13.3 Å². The minimum Gasteiger partial charge on any atom is -0.388 e. The van der Waals surface area contributed by atoms with E-state index in [9.17, 15) is 5.11 Å². The Labute approximate surface area is 60.6 Å². The summed E-state index contributed by atoms with van der Waals surface area (Å²) in [7, 11) is 0. The predicted molar refractivity (Wildman–Crippen MR) is 36.7 cm³/mol. The van der Waals surface area contributed by atoms with Crippen LogP contribution in [-0.2, 0) is 4.74 Å². The van der Waals surface area contributed by atoms with Gasteiger partial charge in [0.2, 0.25) is 0 Å². The van der Waals surface area contributed by atoms with Crippen molar-refractivity contribution in [3.8, 4) is 0 Å². The SMILES string of the molecule is CCCC1OCC(O)C1O. The maximum atomic E-state index is 9.21. The molecule has 3 unspecified atom stereocenters. The van der Waals surface area contributed by atoms with Crippen LogP contribution < -0.4 is 0 Å². The zero-order chi connectivity index (χ0) is 7.56. The number of aliphatic hydroxyl groups is 2. The summed E-state index contributed by atoms with van der Waals surface area (Å²) >= 11 is 0. The smallest absolute Gasteiger partial charge is 0.108 e. The highest BCUT2D eigenvalue weighted by Gasteiger charge is 2.33. The van der Waals surface area contributed by atoms with Gasteiger partial charge >= 0.3 is 0 Å². The van der Waals surface area contributed by atoms with Crippen molar-refractivity contribution >= 4 is 0 Å². The van der Waals surface area contributed by atoms with Crippen LogP contribution in [0, 0.1) is 0 Å². The minimum atomic E-state index is -0.670. The first-order valence-electron chi connectivity index (χ1n) is 3.73.